The number of nitrogens with zero attached hydrogens (tertiary/aromatic N) is 1. The molecule has 1 N–H and O–H groups in total. The Morgan fingerprint density at radius 2 is 1.89 bits per heavy atom. The van der Waals surface area contributed by atoms with Crippen LogP contribution < -0.4 is 5.32 Å². The van der Waals surface area contributed by atoms with Gasteiger partial charge in [0.05, 0.1) is 13.5 Å². The third-order valence-electron chi connectivity index (χ3n) is 5.03. The molecule has 0 bridgehead atoms. The van der Waals surface area contributed by atoms with E-state index >= 15 is 0 Å². The topological polar surface area (TPSA) is 58.6 Å². The average molecular weight is 384 g/mol. The summed E-state index contributed by atoms with van der Waals surface area (Å²) in [5.41, 5.74) is 2.87. The Balaban J connectivity index is 1.45. The molecule has 0 radical (unpaired) electrons. The van der Waals surface area contributed by atoms with Crippen LogP contribution in [0.25, 0.3) is 0 Å². The zero-order chi connectivity index (χ0) is 19.9. The maximum absolute atomic E-state index is 13.2. The molecule has 2 amide bonds. The van der Waals surface area contributed by atoms with Gasteiger partial charge < -0.3 is 15.0 Å². The average Bonchev–Trinajstić information content (AvgIpc) is 3.16. The second-order valence-corrected chi connectivity index (χ2v) is 7.16. The summed E-state index contributed by atoms with van der Waals surface area (Å²) < 4.78 is 17.9. The minimum Gasteiger partial charge on any atom is -0.469 e. The van der Waals surface area contributed by atoms with Crippen LogP contribution in [0.1, 0.15) is 23.1 Å². The molecule has 0 saturated carbocycles. The van der Waals surface area contributed by atoms with Gasteiger partial charge in [0.25, 0.3) is 0 Å². The summed E-state index contributed by atoms with van der Waals surface area (Å²) in [6, 6.07) is 14.1. The fourth-order valence-corrected chi connectivity index (χ4v) is 3.49. The number of hydrogen-bond donors (Lipinski definition) is 1. The molecule has 1 atom stereocenters. The number of ether oxygens (including phenoxy) is 1. The third kappa shape index (κ3) is 5.55. The lowest BCUT2D eigenvalue weighted by molar-refractivity contribution is -0.139. The lowest BCUT2D eigenvalue weighted by atomic mass is 9.97. The standard InChI is InChI=1S/C22H25FN2O3/c1-28-21(26)13-17-7-5-16(6-8-17)11-19-9-10-25(15-19)22(27)24-14-18-3-2-4-20(23)12-18/h2-8,12,19H,9-11,13-15H2,1H3,(H,24,27). The molecule has 0 aromatic heterocycles. The van der Waals surface area contributed by atoms with Gasteiger partial charge in [0.2, 0.25) is 0 Å². The molecule has 0 spiro atoms. The van der Waals surface area contributed by atoms with E-state index in [0.717, 1.165) is 30.5 Å². The van der Waals surface area contributed by atoms with Crippen molar-refractivity contribution in [3.8, 4) is 0 Å². The number of halogens is 1. The molecule has 1 aliphatic heterocycles. The van der Waals surface area contributed by atoms with Crippen LogP contribution in [0.4, 0.5) is 9.18 Å². The fourth-order valence-electron chi connectivity index (χ4n) is 3.49. The molecule has 148 valence electrons. The lowest BCUT2D eigenvalue weighted by Crippen LogP contribution is -2.38. The quantitative estimate of drug-likeness (QED) is 0.778. The maximum atomic E-state index is 13.2. The molecular formula is C22H25FN2O3. The van der Waals surface area contributed by atoms with Crippen LogP contribution in [0.15, 0.2) is 48.5 Å². The molecule has 2 aromatic rings. The summed E-state index contributed by atoms with van der Waals surface area (Å²) in [5, 5.41) is 2.86. The Bertz CT molecular complexity index is 823. The van der Waals surface area contributed by atoms with E-state index in [2.05, 4.69) is 10.1 Å². The van der Waals surface area contributed by atoms with Crippen molar-refractivity contribution in [1.29, 1.82) is 0 Å². The van der Waals surface area contributed by atoms with Crippen LogP contribution in [-0.4, -0.2) is 37.1 Å². The van der Waals surface area contributed by atoms with Gasteiger partial charge in [-0.2, -0.15) is 0 Å². The molecule has 5 nitrogen and oxygen atoms in total. The number of hydrogen-bond acceptors (Lipinski definition) is 3. The van der Waals surface area contributed by atoms with Crippen molar-refractivity contribution in [3.63, 3.8) is 0 Å². The second-order valence-electron chi connectivity index (χ2n) is 7.16. The molecule has 0 aliphatic carbocycles. The number of carbonyl (C=O) groups is 2. The number of urea groups is 1. The highest BCUT2D eigenvalue weighted by Crippen LogP contribution is 2.21. The van der Waals surface area contributed by atoms with E-state index in [1.807, 2.05) is 29.2 Å². The van der Waals surface area contributed by atoms with Crippen molar-refractivity contribution in [1.82, 2.24) is 10.2 Å². The molecular weight excluding hydrogens is 359 g/mol. The van der Waals surface area contributed by atoms with Crippen molar-refractivity contribution >= 4 is 12.0 Å². The first kappa shape index (κ1) is 19.9. The number of rotatable bonds is 6. The second kappa shape index (κ2) is 9.35. The molecule has 28 heavy (non-hydrogen) atoms. The van der Waals surface area contributed by atoms with E-state index in [9.17, 15) is 14.0 Å². The summed E-state index contributed by atoms with van der Waals surface area (Å²) in [6.45, 7) is 1.75. The van der Waals surface area contributed by atoms with Crippen LogP contribution in [-0.2, 0) is 28.9 Å². The Kier molecular flexibility index (Phi) is 6.63. The van der Waals surface area contributed by atoms with Gasteiger partial charge in [0, 0.05) is 19.6 Å². The van der Waals surface area contributed by atoms with Crippen molar-refractivity contribution in [2.45, 2.75) is 25.8 Å². The van der Waals surface area contributed by atoms with E-state index in [1.165, 1.54) is 24.8 Å². The number of amides is 2. The van der Waals surface area contributed by atoms with Gasteiger partial charge in [-0.1, -0.05) is 36.4 Å². The lowest BCUT2D eigenvalue weighted by Gasteiger charge is -2.17. The molecule has 6 heteroatoms. The SMILES string of the molecule is COC(=O)Cc1ccc(CC2CCN(C(=O)NCc3cccc(F)c3)C2)cc1. The van der Waals surface area contributed by atoms with Gasteiger partial charge in [-0.25, -0.2) is 9.18 Å². The zero-order valence-corrected chi connectivity index (χ0v) is 16.0. The van der Waals surface area contributed by atoms with Gasteiger partial charge in [-0.05, 0) is 47.6 Å². The highest BCUT2D eigenvalue weighted by atomic mass is 19.1. The smallest absolute Gasteiger partial charge is 0.317 e. The molecule has 1 unspecified atom stereocenters. The summed E-state index contributed by atoms with van der Waals surface area (Å²) in [4.78, 5) is 25.5. The van der Waals surface area contributed by atoms with Crippen LogP contribution in [0.2, 0.25) is 0 Å². The van der Waals surface area contributed by atoms with Crippen LogP contribution in [0.3, 0.4) is 0 Å². The highest BCUT2D eigenvalue weighted by molar-refractivity contribution is 5.74. The van der Waals surface area contributed by atoms with E-state index in [1.54, 1.807) is 12.1 Å². The monoisotopic (exact) mass is 384 g/mol. The Hall–Kier alpha value is -2.89. The summed E-state index contributed by atoms with van der Waals surface area (Å²) >= 11 is 0. The number of nitrogens with one attached hydrogen (secondary N) is 1. The molecule has 1 heterocycles. The summed E-state index contributed by atoms with van der Waals surface area (Å²) in [7, 11) is 1.39. The maximum Gasteiger partial charge on any atom is 0.317 e. The Labute approximate surface area is 164 Å². The van der Waals surface area contributed by atoms with Crippen molar-refractivity contribution < 1.29 is 18.7 Å². The minimum atomic E-state index is -0.300. The van der Waals surface area contributed by atoms with E-state index in [4.69, 9.17) is 0 Å². The number of methoxy groups -OCH3 is 1. The Morgan fingerprint density at radius 1 is 1.14 bits per heavy atom. The predicted octanol–water partition coefficient (Wildman–Crippen LogP) is 3.32. The molecule has 1 saturated heterocycles. The fraction of sp³-hybridized carbons (Fsp3) is 0.364. The van der Waals surface area contributed by atoms with E-state index in [-0.39, 0.29) is 24.2 Å². The first-order chi connectivity index (χ1) is 13.5. The largest absolute Gasteiger partial charge is 0.469 e. The van der Waals surface area contributed by atoms with E-state index in [0.29, 0.717) is 19.0 Å². The molecule has 2 aromatic carbocycles. The first-order valence-electron chi connectivity index (χ1n) is 9.45. The minimum absolute atomic E-state index is 0.111. The molecule has 1 fully saturated rings. The number of carbonyl (C=O) groups excluding carboxylic acids is 2. The van der Waals surface area contributed by atoms with Gasteiger partial charge in [-0.3, -0.25) is 4.79 Å². The van der Waals surface area contributed by atoms with Crippen LogP contribution in [0, 0.1) is 11.7 Å². The number of esters is 1. The molecule has 1 aliphatic rings. The number of benzene rings is 2. The van der Waals surface area contributed by atoms with Gasteiger partial charge in [0.15, 0.2) is 0 Å². The van der Waals surface area contributed by atoms with Crippen molar-refractivity contribution in [2.75, 3.05) is 20.2 Å². The predicted molar refractivity (Wildman–Crippen MR) is 104 cm³/mol. The third-order valence-corrected chi connectivity index (χ3v) is 5.03. The van der Waals surface area contributed by atoms with Crippen LogP contribution in [0.5, 0.6) is 0 Å². The van der Waals surface area contributed by atoms with Gasteiger partial charge in [-0.15, -0.1) is 0 Å². The van der Waals surface area contributed by atoms with Gasteiger partial charge in [0.1, 0.15) is 5.82 Å². The van der Waals surface area contributed by atoms with Gasteiger partial charge >= 0.3 is 12.0 Å². The van der Waals surface area contributed by atoms with E-state index < -0.39 is 0 Å². The van der Waals surface area contributed by atoms with Crippen molar-refractivity contribution in [3.05, 3.63) is 71.0 Å². The normalized spacial score (nSPS) is 16.1. The number of likely N-dealkylation sites (tertiary alicyclic amines) is 1. The summed E-state index contributed by atoms with van der Waals surface area (Å²) in [6.07, 6.45) is 2.13. The zero-order valence-electron chi connectivity index (χ0n) is 16.0. The van der Waals surface area contributed by atoms with Crippen molar-refractivity contribution in [2.24, 2.45) is 5.92 Å². The first-order valence-corrected chi connectivity index (χ1v) is 9.45. The Morgan fingerprint density at radius 3 is 2.61 bits per heavy atom. The molecule has 3 rings (SSSR count). The van der Waals surface area contributed by atoms with Crippen LogP contribution >= 0.6 is 0 Å². The summed E-state index contributed by atoms with van der Waals surface area (Å²) in [5.74, 6) is -0.139. The highest BCUT2D eigenvalue weighted by Gasteiger charge is 2.26.